The molecular weight excluding hydrogens is 274 g/mol. The number of rotatable bonds is 5. The minimum Gasteiger partial charge on any atom is -0.324 e. The van der Waals surface area contributed by atoms with Crippen LogP contribution >= 0.6 is 0 Å². The number of carbonyl (C=O) groups excluding carboxylic acids is 1. The summed E-state index contributed by atoms with van der Waals surface area (Å²) in [6.45, 7) is 11.2. The van der Waals surface area contributed by atoms with Gasteiger partial charge in [-0.15, -0.1) is 0 Å². The van der Waals surface area contributed by atoms with Crippen LogP contribution in [0.1, 0.15) is 41.0 Å². The van der Waals surface area contributed by atoms with Gasteiger partial charge in [0.2, 0.25) is 5.91 Å². The second-order valence-corrected chi connectivity index (χ2v) is 8.16. The van der Waals surface area contributed by atoms with Gasteiger partial charge in [-0.25, -0.2) is 0 Å². The van der Waals surface area contributed by atoms with Gasteiger partial charge in [0.1, 0.15) is 5.69 Å². The number of carbonyl (C=O) groups is 1. The molecule has 0 aromatic heterocycles. The minimum absolute atomic E-state index is 0.00727. The van der Waals surface area contributed by atoms with Crippen molar-refractivity contribution in [2.24, 2.45) is 11.1 Å². The number of nitrogens with one attached hydrogen (secondary N) is 1. The van der Waals surface area contributed by atoms with Crippen molar-refractivity contribution < 1.29 is 4.79 Å². The van der Waals surface area contributed by atoms with Crippen molar-refractivity contribution in [3.05, 3.63) is 24.3 Å². The maximum atomic E-state index is 12.4. The van der Waals surface area contributed by atoms with Crippen molar-refractivity contribution in [3.63, 3.8) is 0 Å². The molecule has 3 N–H and O–H groups in total. The molecule has 1 aromatic rings. The second kappa shape index (κ2) is 6.39. The molecule has 1 aromatic carbocycles. The molecule has 0 saturated carbocycles. The molecule has 1 atom stereocenters. The summed E-state index contributed by atoms with van der Waals surface area (Å²) in [5.41, 5.74) is 7.33. The zero-order valence-corrected chi connectivity index (χ0v) is 15.2. The summed E-state index contributed by atoms with van der Waals surface area (Å²) in [5.74, 6) is -0.139. The number of quaternary nitrogens is 1. The molecule has 22 heavy (non-hydrogen) atoms. The van der Waals surface area contributed by atoms with Crippen molar-refractivity contribution in [3.8, 4) is 0 Å². The molecule has 4 nitrogen and oxygen atoms in total. The van der Waals surface area contributed by atoms with E-state index in [4.69, 9.17) is 5.73 Å². The van der Waals surface area contributed by atoms with Crippen LogP contribution in [0.2, 0.25) is 0 Å². The maximum absolute atomic E-state index is 12.4. The van der Waals surface area contributed by atoms with Crippen molar-refractivity contribution in [2.75, 3.05) is 26.0 Å². The number of hydrogen-bond donors (Lipinski definition) is 2. The van der Waals surface area contributed by atoms with Crippen LogP contribution in [-0.2, 0) is 4.79 Å². The van der Waals surface area contributed by atoms with Gasteiger partial charge in [0.05, 0.1) is 26.2 Å². The summed E-state index contributed by atoms with van der Waals surface area (Å²) in [6.07, 6.45) is 0.629. The van der Waals surface area contributed by atoms with Crippen molar-refractivity contribution in [2.45, 2.75) is 46.6 Å². The number of nitrogens with zero attached hydrogens (tertiary/aromatic N) is 1. The first-order chi connectivity index (χ1) is 9.87. The highest BCUT2D eigenvalue weighted by Gasteiger charge is 2.33. The van der Waals surface area contributed by atoms with E-state index in [0.29, 0.717) is 6.42 Å². The van der Waals surface area contributed by atoms with Gasteiger partial charge in [-0.2, -0.15) is 0 Å². The lowest BCUT2D eigenvalue weighted by molar-refractivity contribution is -0.121. The highest BCUT2D eigenvalue weighted by molar-refractivity contribution is 5.97. The van der Waals surface area contributed by atoms with Gasteiger partial charge in [0, 0.05) is 17.8 Å². The minimum atomic E-state index is -0.879. The molecule has 1 unspecified atom stereocenters. The Bertz CT molecular complexity index is 510. The zero-order chi connectivity index (χ0) is 17.2. The van der Waals surface area contributed by atoms with E-state index in [0.717, 1.165) is 16.7 Å². The fourth-order valence-corrected chi connectivity index (χ4v) is 2.59. The van der Waals surface area contributed by atoms with Gasteiger partial charge in [-0.1, -0.05) is 20.8 Å². The van der Waals surface area contributed by atoms with Crippen LogP contribution in [0.15, 0.2) is 24.3 Å². The van der Waals surface area contributed by atoms with Gasteiger partial charge >= 0.3 is 0 Å². The fourth-order valence-electron chi connectivity index (χ4n) is 2.59. The van der Waals surface area contributed by atoms with E-state index in [2.05, 4.69) is 59.2 Å². The molecule has 0 aliphatic heterocycles. The second-order valence-electron chi connectivity index (χ2n) is 8.16. The van der Waals surface area contributed by atoms with Gasteiger partial charge < -0.3 is 11.1 Å². The third-order valence-electron chi connectivity index (χ3n) is 4.03. The smallest absolute Gasteiger partial charge is 0.244 e. The third kappa shape index (κ3) is 5.11. The highest BCUT2D eigenvalue weighted by Crippen LogP contribution is 2.27. The van der Waals surface area contributed by atoms with Gasteiger partial charge in [0.25, 0.3) is 0 Å². The Morgan fingerprint density at radius 2 is 1.64 bits per heavy atom. The SMILES string of the molecule is CC[N+](C)(C)c1ccc(NC(=O)C(C)(N)CC(C)(C)C)cc1. The predicted molar refractivity (Wildman–Crippen MR) is 95.9 cm³/mol. The lowest BCUT2D eigenvalue weighted by atomic mass is 9.81. The van der Waals surface area contributed by atoms with E-state index in [-0.39, 0.29) is 11.3 Å². The number of nitrogens with two attached hydrogens (primary N) is 1. The molecule has 0 aliphatic carbocycles. The Morgan fingerprint density at radius 3 is 2.05 bits per heavy atom. The van der Waals surface area contributed by atoms with E-state index in [1.165, 1.54) is 5.69 Å². The van der Waals surface area contributed by atoms with Crippen LogP contribution in [0.4, 0.5) is 11.4 Å². The summed E-state index contributed by atoms with van der Waals surface area (Å²) in [7, 11) is 4.32. The van der Waals surface area contributed by atoms with Crippen LogP contribution in [0.3, 0.4) is 0 Å². The molecule has 0 fully saturated rings. The molecule has 4 heteroatoms. The average Bonchev–Trinajstić information content (AvgIpc) is 2.36. The summed E-state index contributed by atoms with van der Waals surface area (Å²) in [5, 5.41) is 2.93. The quantitative estimate of drug-likeness (QED) is 0.820. The Balaban J connectivity index is 2.81. The van der Waals surface area contributed by atoms with Gasteiger partial charge in [-0.05, 0) is 37.8 Å². The van der Waals surface area contributed by atoms with Crippen LogP contribution in [-0.4, -0.2) is 32.1 Å². The summed E-state index contributed by atoms with van der Waals surface area (Å²) < 4.78 is 0.812. The Kier molecular flexibility index (Phi) is 5.42. The van der Waals surface area contributed by atoms with E-state index in [1.54, 1.807) is 6.92 Å². The van der Waals surface area contributed by atoms with E-state index in [9.17, 15) is 4.79 Å². The molecule has 0 bridgehead atoms. The topological polar surface area (TPSA) is 55.1 Å². The maximum Gasteiger partial charge on any atom is 0.244 e. The van der Waals surface area contributed by atoms with Crippen LogP contribution in [0.5, 0.6) is 0 Å². The average molecular weight is 306 g/mol. The summed E-state index contributed by atoms with van der Waals surface area (Å²) in [6, 6.07) is 7.99. The highest BCUT2D eigenvalue weighted by atomic mass is 16.2. The lowest BCUT2D eigenvalue weighted by Gasteiger charge is -2.31. The van der Waals surface area contributed by atoms with Crippen molar-refractivity contribution in [1.82, 2.24) is 4.48 Å². The first kappa shape index (κ1) is 18.7. The Morgan fingerprint density at radius 1 is 1.14 bits per heavy atom. The van der Waals surface area contributed by atoms with E-state index < -0.39 is 5.54 Å². The van der Waals surface area contributed by atoms with Gasteiger partial charge in [0.15, 0.2) is 0 Å². The molecule has 0 aliphatic rings. The fraction of sp³-hybridized carbons (Fsp3) is 0.611. The molecule has 1 rings (SSSR count). The molecule has 0 spiro atoms. The number of hydrogen-bond acceptors (Lipinski definition) is 2. The van der Waals surface area contributed by atoms with Crippen molar-refractivity contribution >= 4 is 17.3 Å². The van der Waals surface area contributed by atoms with E-state index >= 15 is 0 Å². The molecular formula is C18H32N3O+. The number of anilines is 1. The summed E-state index contributed by atoms with van der Waals surface area (Å²) in [4.78, 5) is 12.4. The first-order valence-corrected chi connectivity index (χ1v) is 7.91. The molecule has 0 radical (unpaired) electrons. The monoisotopic (exact) mass is 306 g/mol. The van der Waals surface area contributed by atoms with Gasteiger partial charge in [-0.3, -0.25) is 9.28 Å². The van der Waals surface area contributed by atoms with Crippen LogP contribution < -0.4 is 15.5 Å². The normalized spacial score (nSPS) is 15.3. The molecule has 0 heterocycles. The first-order valence-electron chi connectivity index (χ1n) is 7.91. The lowest BCUT2D eigenvalue weighted by Crippen LogP contribution is -2.50. The third-order valence-corrected chi connectivity index (χ3v) is 4.03. The van der Waals surface area contributed by atoms with Crippen LogP contribution in [0.25, 0.3) is 0 Å². The van der Waals surface area contributed by atoms with Crippen molar-refractivity contribution in [1.29, 1.82) is 0 Å². The molecule has 124 valence electrons. The predicted octanol–water partition coefficient (Wildman–Crippen LogP) is 3.37. The zero-order valence-electron chi connectivity index (χ0n) is 15.2. The standard InChI is InChI=1S/C18H31N3O/c1-8-21(6,7)15-11-9-14(10-12-15)20-16(22)18(5,19)13-17(2,3)4/h9-12H,8,13,19H2,1-7H3/p+1. The summed E-state index contributed by atoms with van der Waals surface area (Å²) >= 11 is 0. The molecule has 1 amide bonds. The Labute approximate surface area is 135 Å². The Hall–Kier alpha value is -1.39. The largest absolute Gasteiger partial charge is 0.324 e. The number of amides is 1. The number of benzene rings is 1. The molecule has 0 saturated heterocycles. The van der Waals surface area contributed by atoms with Crippen LogP contribution in [0, 0.1) is 5.41 Å². The van der Waals surface area contributed by atoms with E-state index in [1.807, 2.05) is 12.1 Å².